The minimum Gasteiger partial charge on any atom is -0.314 e. The Morgan fingerprint density at radius 1 is 1.43 bits per heavy atom. The van der Waals surface area contributed by atoms with E-state index >= 15 is 0 Å². The Labute approximate surface area is 133 Å². The lowest BCUT2D eigenvalue weighted by Crippen LogP contribution is -2.45. The molecule has 1 aliphatic heterocycles. The molecule has 21 heavy (non-hydrogen) atoms. The van der Waals surface area contributed by atoms with Crippen molar-refractivity contribution in [2.45, 2.75) is 6.54 Å². The molecule has 0 unspecified atom stereocenters. The number of hydrogen-bond acceptors (Lipinski definition) is 5. The second-order valence-corrected chi connectivity index (χ2v) is 6.22. The van der Waals surface area contributed by atoms with Gasteiger partial charge in [0.05, 0.1) is 4.92 Å². The summed E-state index contributed by atoms with van der Waals surface area (Å²) in [6.07, 6.45) is 0. The monoisotopic (exact) mass is 356 g/mol. The lowest BCUT2D eigenvalue weighted by atomic mass is 10.2. The predicted molar refractivity (Wildman–Crippen MR) is 86.4 cm³/mol. The topological polar surface area (TPSA) is 61.6 Å². The number of nitro benzene ring substituents is 1. The average molecular weight is 357 g/mol. The van der Waals surface area contributed by atoms with Gasteiger partial charge in [-0.25, -0.2) is 0 Å². The van der Waals surface area contributed by atoms with Gasteiger partial charge in [0.15, 0.2) is 0 Å². The lowest BCUT2D eigenvalue weighted by molar-refractivity contribution is -0.384. The molecule has 0 atom stereocenters. The molecule has 0 amide bonds. The van der Waals surface area contributed by atoms with Crippen molar-refractivity contribution in [1.82, 2.24) is 15.1 Å². The largest absolute Gasteiger partial charge is 0.314 e. The van der Waals surface area contributed by atoms with Crippen LogP contribution in [0.25, 0.3) is 0 Å². The molecular formula is C14H21BrN4O2. The summed E-state index contributed by atoms with van der Waals surface area (Å²) in [6, 6.07) is 4.95. The molecule has 1 N–H and O–H groups in total. The van der Waals surface area contributed by atoms with E-state index in [2.05, 4.69) is 38.1 Å². The molecule has 0 radical (unpaired) electrons. The van der Waals surface area contributed by atoms with Crippen molar-refractivity contribution in [3.8, 4) is 0 Å². The maximum absolute atomic E-state index is 10.7. The van der Waals surface area contributed by atoms with Gasteiger partial charge in [-0.15, -0.1) is 0 Å². The van der Waals surface area contributed by atoms with Crippen LogP contribution < -0.4 is 5.32 Å². The maximum atomic E-state index is 10.7. The normalized spacial score (nSPS) is 16.3. The first-order valence-corrected chi connectivity index (χ1v) is 7.90. The fraction of sp³-hybridized carbons (Fsp3) is 0.571. The van der Waals surface area contributed by atoms with E-state index in [1.54, 1.807) is 12.1 Å². The van der Waals surface area contributed by atoms with Gasteiger partial charge in [0, 0.05) is 62.4 Å². The molecule has 0 aliphatic carbocycles. The molecule has 1 aliphatic rings. The van der Waals surface area contributed by atoms with Crippen molar-refractivity contribution < 1.29 is 4.92 Å². The molecule has 7 heteroatoms. The third-order valence-corrected chi connectivity index (χ3v) is 4.43. The molecule has 1 aromatic rings. The standard InChI is InChI=1S/C14H21BrN4O2/c1-17(8-9-18-6-4-16-5-7-18)11-12-2-3-13(19(20)21)10-14(12)15/h2-3,10,16H,4-9,11H2,1H3. The van der Waals surface area contributed by atoms with Crippen molar-refractivity contribution in [3.05, 3.63) is 38.3 Å². The number of nitro groups is 1. The number of hydrogen-bond donors (Lipinski definition) is 1. The van der Waals surface area contributed by atoms with Crippen LogP contribution in [0.4, 0.5) is 5.69 Å². The van der Waals surface area contributed by atoms with Crippen LogP contribution in [0.5, 0.6) is 0 Å². The summed E-state index contributed by atoms with van der Waals surface area (Å²) in [5.41, 5.74) is 1.19. The van der Waals surface area contributed by atoms with Crippen molar-refractivity contribution in [2.75, 3.05) is 46.3 Å². The molecule has 1 fully saturated rings. The third kappa shape index (κ3) is 5.03. The number of nitrogens with zero attached hydrogens (tertiary/aromatic N) is 3. The Morgan fingerprint density at radius 2 is 2.14 bits per heavy atom. The number of non-ortho nitro benzene ring substituents is 1. The summed E-state index contributed by atoms with van der Waals surface area (Å²) in [6.45, 7) is 7.18. The third-order valence-electron chi connectivity index (χ3n) is 3.70. The number of piperazine rings is 1. The Bertz CT molecular complexity index is 492. The minimum absolute atomic E-state index is 0.120. The highest BCUT2D eigenvalue weighted by Gasteiger charge is 2.12. The molecule has 0 bridgehead atoms. The average Bonchev–Trinajstić information content (AvgIpc) is 2.48. The fourth-order valence-corrected chi connectivity index (χ4v) is 2.89. The molecule has 0 spiro atoms. The highest BCUT2D eigenvalue weighted by Crippen LogP contribution is 2.23. The van der Waals surface area contributed by atoms with E-state index in [1.165, 1.54) is 0 Å². The lowest BCUT2D eigenvalue weighted by Gasteiger charge is -2.29. The molecule has 2 rings (SSSR count). The van der Waals surface area contributed by atoms with Crippen LogP contribution in [0.1, 0.15) is 5.56 Å². The first-order valence-electron chi connectivity index (χ1n) is 7.10. The van der Waals surface area contributed by atoms with Gasteiger partial charge in [0.2, 0.25) is 0 Å². The second-order valence-electron chi connectivity index (χ2n) is 5.36. The van der Waals surface area contributed by atoms with Crippen molar-refractivity contribution >= 4 is 21.6 Å². The molecule has 6 nitrogen and oxygen atoms in total. The summed E-state index contributed by atoms with van der Waals surface area (Å²) >= 11 is 3.42. The number of benzene rings is 1. The van der Waals surface area contributed by atoms with Crippen LogP contribution in [0.15, 0.2) is 22.7 Å². The van der Waals surface area contributed by atoms with Crippen molar-refractivity contribution in [3.63, 3.8) is 0 Å². The van der Waals surface area contributed by atoms with E-state index < -0.39 is 0 Å². The van der Waals surface area contributed by atoms with Crippen LogP contribution in [0, 0.1) is 10.1 Å². The summed E-state index contributed by atoms with van der Waals surface area (Å²) in [5.74, 6) is 0. The highest BCUT2D eigenvalue weighted by atomic mass is 79.9. The van der Waals surface area contributed by atoms with Crippen LogP contribution in [-0.4, -0.2) is 61.0 Å². The Balaban J connectivity index is 1.84. The molecule has 1 aromatic carbocycles. The SMILES string of the molecule is CN(CCN1CCNCC1)Cc1ccc([N+](=O)[O-])cc1Br. The van der Waals surface area contributed by atoms with Crippen LogP contribution in [0.3, 0.4) is 0 Å². The maximum Gasteiger partial charge on any atom is 0.270 e. The van der Waals surface area contributed by atoms with Crippen molar-refractivity contribution in [1.29, 1.82) is 0 Å². The molecule has 0 aromatic heterocycles. The van der Waals surface area contributed by atoms with Crippen LogP contribution in [0.2, 0.25) is 0 Å². The summed E-state index contributed by atoms with van der Waals surface area (Å²) in [5, 5.41) is 14.1. The van der Waals surface area contributed by atoms with E-state index in [4.69, 9.17) is 0 Å². The zero-order valence-electron chi connectivity index (χ0n) is 12.2. The molecule has 0 saturated carbocycles. The molecular weight excluding hydrogens is 336 g/mol. The Morgan fingerprint density at radius 3 is 2.76 bits per heavy atom. The number of halogens is 1. The van der Waals surface area contributed by atoms with Crippen LogP contribution >= 0.6 is 15.9 Å². The van der Waals surface area contributed by atoms with Gasteiger partial charge in [-0.3, -0.25) is 15.0 Å². The van der Waals surface area contributed by atoms with E-state index in [0.717, 1.165) is 55.8 Å². The van der Waals surface area contributed by atoms with Gasteiger partial charge in [-0.05, 0) is 18.7 Å². The van der Waals surface area contributed by atoms with Gasteiger partial charge >= 0.3 is 0 Å². The zero-order chi connectivity index (χ0) is 15.2. The number of likely N-dealkylation sites (N-methyl/N-ethyl adjacent to an activating group) is 1. The quantitative estimate of drug-likeness (QED) is 0.620. The summed E-state index contributed by atoms with van der Waals surface area (Å²) in [4.78, 5) is 15.1. The van der Waals surface area contributed by atoms with Gasteiger partial charge in [0.25, 0.3) is 5.69 Å². The molecule has 116 valence electrons. The summed E-state index contributed by atoms with van der Waals surface area (Å²) in [7, 11) is 2.08. The Kier molecular flexibility index (Phi) is 6.10. The van der Waals surface area contributed by atoms with Crippen molar-refractivity contribution in [2.24, 2.45) is 0 Å². The highest BCUT2D eigenvalue weighted by molar-refractivity contribution is 9.10. The van der Waals surface area contributed by atoms with Gasteiger partial charge in [-0.1, -0.05) is 15.9 Å². The van der Waals surface area contributed by atoms with E-state index in [1.807, 2.05) is 6.07 Å². The van der Waals surface area contributed by atoms with E-state index in [-0.39, 0.29) is 10.6 Å². The molecule has 1 saturated heterocycles. The van der Waals surface area contributed by atoms with Gasteiger partial charge in [0.1, 0.15) is 0 Å². The van der Waals surface area contributed by atoms with Gasteiger partial charge in [-0.2, -0.15) is 0 Å². The second kappa shape index (κ2) is 7.84. The van der Waals surface area contributed by atoms with E-state index in [0.29, 0.717) is 0 Å². The number of rotatable bonds is 6. The summed E-state index contributed by atoms with van der Waals surface area (Å²) < 4.78 is 0.797. The number of nitrogens with one attached hydrogen (secondary N) is 1. The Hall–Kier alpha value is -1.02. The smallest absolute Gasteiger partial charge is 0.270 e. The predicted octanol–water partition coefficient (Wildman–Crippen LogP) is 1.69. The van der Waals surface area contributed by atoms with Crippen LogP contribution in [-0.2, 0) is 6.54 Å². The van der Waals surface area contributed by atoms with E-state index in [9.17, 15) is 10.1 Å². The van der Waals surface area contributed by atoms with Gasteiger partial charge < -0.3 is 10.2 Å². The zero-order valence-corrected chi connectivity index (χ0v) is 13.8. The molecule has 1 heterocycles. The minimum atomic E-state index is -0.372. The fourth-order valence-electron chi connectivity index (χ4n) is 2.39. The first kappa shape index (κ1) is 16.4. The first-order chi connectivity index (χ1) is 10.1.